The Morgan fingerprint density at radius 2 is 1.05 bits per heavy atom. The molecule has 0 spiro atoms. The van der Waals surface area contributed by atoms with Crippen LogP contribution in [0.5, 0.6) is 0 Å². The van der Waals surface area contributed by atoms with E-state index in [1.165, 1.54) is 38.1 Å². The quantitative estimate of drug-likeness (QED) is 0.202. The Balaban J connectivity index is 1.54. The van der Waals surface area contributed by atoms with Gasteiger partial charge in [-0.3, -0.25) is 9.38 Å². The van der Waals surface area contributed by atoms with Crippen LogP contribution in [0.1, 0.15) is 0 Å². The van der Waals surface area contributed by atoms with Gasteiger partial charge in [0.1, 0.15) is 5.52 Å². The van der Waals surface area contributed by atoms with E-state index in [-0.39, 0.29) is 0 Å². The molecule has 5 nitrogen and oxygen atoms in total. The molecule has 0 aliphatic carbocycles. The van der Waals surface area contributed by atoms with Gasteiger partial charge in [0.2, 0.25) is 0 Å². The zero-order valence-electron chi connectivity index (χ0n) is 23.0. The van der Waals surface area contributed by atoms with Crippen molar-refractivity contribution in [3.63, 3.8) is 0 Å². The zero-order valence-corrected chi connectivity index (χ0v) is 23.0. The smallest absolute Gasteiger partial charge is 0.163 e. The maximum absolute atomic E-state index is 4.77. The van der Waals surface area contributed by atoms with Gasteiger partial charge >= 0.3 is 0 Å². The number of para-hydroxylation sites is 3. The lowest BCUT2D eigenvalue weighted by Crippen LogP contribution is -1.98. The van der Waals surface area contributed by atoms with Crippen molar-refractivity contribution in [1.82, 2.24) is 23.5 Å². The third-order valence-corrected chi connectivity index (χ3v) is 8.92. The van der Waals surface area contributed by atoms with Gasteiger partial charge in [-0.25, -0.2) is 4.98 Å². The molecule has 0 fully saturated rings. The number of rotatable bonds is 2. The highest BCUT2D eigenvalue weighted by Gasteiger charge is 2.23. The first-order chi connectivity index (χ1) is 21.4. The SMILES string of the molecule is c1ccc(-n2c3ccccc3c3ccc4c5c(ccc6c7cccnc7c7nccn7c65)n(-c5ccccc5)c4c32)cc1. The fourth-order valence-electron chi connectivity index (χ4n) is 7.24. The Morgan fingerprint density at radius 3 is 1.86 bits per heavy atom. The Kier molecular flexibility index (Phi) is 4.39. The lowest BCUT2D eigenvalue weighted by atomic mass is 10.0. The molecule has 0 atom stereocenters. The van der Waals surface area contributed by atoms with E-state index in [1.807, 2.05) is 18.5 Å². The summed E-state index contributed by atoms with van der Waals surface area (Å²) < 4.78 is 7.10. The average molecular weight is 550 g/mol. The number of imidazole rings is 1. The molecule has 0 bridgehead atoms. The van der Waals surface area contributed by atoms with Crippen LogP contribution < -0.4 is 0 Å². The third-order valence-electron chi connectivity index (χ3n) is 8.92. The summed E-state index contributed by atoms with van der Waals surface area (Å²) >= 11 is 0. The molecule has 0 amide bonds. The molecule has 10 rings (SSSR count). The predicted molar refractivity (Wildman–Crippen MR) is 177 cm³/mol. The number of fused-ring (bicyclic) bond motifs is 14. The lowest BCUT2D eigenvalue weighted by Gasteiger charge is -2.12. The molecular weight excluding hydrogens is 526 g/mol. The van der Waals surface area contributed by atoms with Gasteiger partial charge in [0.15, 0.2) is 5.65 Å². The minimum absolute atomic E-state index is 0.871. The van der Waals surface area contributed by atoms with Gasteiger partial charge in [-0.05, 0) is 42.5 Å². The van der Waals surface area contributed by atoms with E-state index < -0.39 is 0 Å². The van der Waals surface area contributed by atoms with Gasteiger partial charge < -0.3 is 9.13 Å². The van der Waals surface area contributed by atoms with Crippen molar-refractivity contribution in [2.45, 2.75) is 0 Å². The molecule has 43 heavy (non-hydrogen) atoms. The maximum atomic E-state index is 4.77. The van der Waals surface area contributed by atoms with E-state index in [2.05, 4.69) is 135 Å². The summed E-state index contributed by atoms with van der Waals surface area (Å²) in [5.74, 6) is 0. The van der Waals surface area contributed by atoms with Gasteiger partial charge in [0.05, 0.1) is 27.6 Å². The van der Waals surface area contributed by atoms with E-state index in [0.717, 1.165) is 44.3 Å². The second-order valence-corrected chi connectivity index (χ2v) is 11.1. The largest absolute Gasteiger partial charge is 0.307 e. The molecule has 5 heterocycles. The van der Waals surface area contributed by atoms with Gasteiger partial charge in [0.25, 0.3) is 0 Å². The topological polar surface area (TPSA) is 40.1 Å². The molecule has 200 valence electrons. The molecule has 5 aromatic heterocycles. The van der Waals surface area contributed by atoms with E-state index in [9.17, 15) is 0 Å². The first-order valence-corrected chi connectivity index (χ1v) is 14.5. The number of hydrogen-bond donors (Lipinski definition) is 0. The summed E-state index contributed by atoms with van der Waals surface area (Å²) in [7, 11) is 0. The Labute approximate surface area is 245 Å². The minimum Gasteiger partial charge on any atom is -0.307 e. The summed E-state index contributed by atoms with van der Waals surface area (Å²) in [6.07, 6.45) is 5.79. The van der Waals surface area contributed by atoms with Crippen LogP contribution in [0.4, 0.5) is 0 Å². The molecule has 0 aliphatic rings. The molecule has 0 aliphatic heterocycles. The van der Waals surface area contributed by atoms with Crippen LogP contribution in [0.2, 0.25) is 0 Å². The summed E-state index contributed by atoms with van der Waals surface area (Å²) in [4.78, 5) is 9.52. The van der Waals surface area contributed by atoms with E-state index in [0.29, 0.717) is 0 Å². The van der Waals surface area contributed by atoms with Gasteiger partial charge in [-0.2, -0.15) is 0 Å². The summed E-state index contributed by atoms with van der Waals surface area (Å²) in [6.45, 7) is 0. The molecule has 0 saturated heterocycles. The highest BCUT2D eigenvalue weighted by molar-refractivity contribution is 6.30. The maximum Gasteiger partial charge on any atom is 0.163 e. The fourth-order valence-corrected chi connectivity index (χ4v) is 7.24. The highest BCUT2D eigenvalue weighted by Crippen LogP contribution is 2.44. The lowest BCUT2D eigenvalue weighted by molar-refractivity contribution is 1.15. The first-order valence-electron chi connectivity index (χ1n) is 14.5. The van der Waals surface area contributed by atoms with Crippen LogP contribution in [0, 0.1) is 0 Å². The Hall–Kier alpha value is -5.94. The Morgan fingerprint density at radius 1 is 0.419 bits per heavy atom. The number of pyridine rings is 2. The summed E-state index contributed by atoms with van der Waals surface area (Å²) in [6, 6.07) is 43.5. The fraction of sp³-hybridized carbons (Fsp3) is 0. The Bertz CT molecular complexity index is 2710. The molecule has 0 unspecified atom stereocenters. The van der Waals surface area contributed by atoms with Crippen molar-refractivity contribution in [1.29, 1.82) is 0 Å². The van der Waals surface area contributed by atoms with Gasteiger partial charge in [-0.1, -0.05) is 78.9 Å². The number of hydrogen-bond acceptors (Lipinski definition) is 2. The number of nitrogens with zero attached hydrogens (tertiary/aromatic N) is 5. The van der Waals surface area contributed by atoms with Crippen LogP contribution in [0.3, 0.4) is 0 Å². The average Bonchev–Trinajstić information content (AvgIpc) is 3.78. The van der Waals surface area contributed by atoms with Crippen LogP contribution in [-0.2, 0) is 0 Å². The second-order valence-electron chi connectivity index (χ2n) is 11.1. The van der Waals surface area contributed by atoms with Crippen molar-refractivity contribution in [2.75, 3.05) is 0 Å². The standard InChI is InChI=1S/C38H23N5/c1-3-10-24(11-4-1)42-31-16-8-7-14-26(31)28-17-18-30-33-32(43(37(30)36(28)42)25-12-5-2-6-13-25)20-19-29-27-15-9-21-39-34(27)38-40-22-23-41(38)35(29)33/h1-23H. The third kappa shape index (κ3) is 2.90. The van der Waals surface area contributed by atoms with E-state index >= 15 is 0 Å². The minimum atomic E-state index is 0.871. The van der Waals surface area contributed by atoms with Crippen LogP contribution in [-0.4, -0.2) is 23.5 Å². The molecule has 5 heteroatoms. The highest BCUT2D eigenvalue weighted by atomic mass is 15.1. The molecule has 0 saturated carbocycles. The van der Waals surface area contributed by atoms with E-state index in [1.54, 1.807) is 0 Å². The molecule has 0 radical (unpaired) electrons. The van der Waals surface area contributed by atoms with Crippen molar-refractivity contribution < 1.29 is 0 Å². The van der Waals surface area contributed by atoms with E-state index in [4.69, 9.17) is 9.97 Å². The van der Waals surface area contributed by atoms with Crippen molar-refractivity contribution in [2.24, 2.45) is 0 Å². The summed E-state index contributed by atoms with van der Waals surface area (Å²) in [5, 5.41) is 7.16. The van der Waals surface area contributed by atoms with Crippen LogP contribution >= 0.6 is 0 Å². The molecule has 10 aromatic rings. The molecular formula is C38H23N5. The van der Waals surface area contributed by atoms with Crippen molar-refractivity contribution in [3.8, 4) is 11.4 Å². The number of aromatic nitrogens is 5. The normalized spacial score (nSPS) is 12.2. The summed E-state index contributed by atoms with van der Waals surface area (Å²) in [5.41, 5.74) is 9.94. The van der Waals surface area contributed by atoms with Crippen LogP contribution in [0.15, 0.2) is 140 Å². The van der Waals surface area contributed by atoms with Crippen LogP contribution in [0.25, 0.3) is 82.4 Å². The monoisotopic (exact) mass is 549 g/mol. The molecule has 5 aromatic carbocycles. The number of benzene rings is 5. The van der Waals surface area contributed by atoms with Crippen molar-refractivity contribution in [3.05, 3.63) is 140 Å². The van der Waals surface area contributed by atoms with Crippen molar-refractivity contribution >= 4 is 71.1 Å². The van der Waals surface area contributed by atoms with Gasteiger partial charge in [0, 0.05) is 62.3 Å². The van der Waals surface area contributed by atoms with Gasteiger partial charge in [-0.15, -0.1) is 0 Å². The first kappa shape index (κ1) is 22.7. The predicted octanol–water partition coefficient (Wildman–Crippen LogP) is 9.23. The zero-order chi connectivity index (χ0) is 28.1. The molecule has 0 N–H and O–H groups in total. The second kappa shape index (κ2) is 8.30.